The number of rotatable bonds is 4. The number of hydrogen-bond acceptors (Lipinski definition) is 5. The van der Waals surface area contributed by atoms with Crippen LogP contribution in [0, 0.1) is 5.92 Å². The number of carbonyl (C=O) groups is 2. The van der Waals surface area contributed by atoms with Crippen LogP contribution in [0.1, 0.15) is 67.7 Å². The fraction of sp³-hybridized carbons (Fsp3) is 0.882. The van der Waals surface area contributed by atoms with Crippen molar-refractivity contribution in [3.8, 4) is 0 Å². The van der Waals surface area contributed by atoms with Crippen LogP contribution >= 0.6 is 0 Å². The van der Waals surface area contributed by atoms with E-state index in [1.54, 1.807) is 6.92 Å². The van der Waals surface area contributed by atoms with Crippen molar-refractivity contribution in [1.82, 2.24) is 5.32 Å². The lowest BCUT2D eigenvalue weighted by Crippen LogP contribution is -2.53. The molecule has 0 aromatic carbocycles. The van der Waals surface area contributed by atoms with E-state index in [1.807, 2.05) is 41.5 Å². The lowest BCUT2D eigenvalue weighted by atomic mass is 9.73. The molecule has 1 fully saturated rings. The van der Waals surface area contributed by atoms with Crippen LogP contribution in [0.4, 0.5) is 4.79 Å². The number of nitrogens with one attached hydrogen (secondary N) is 1. The molecule has 6 nitrogen and oxygen atoms in total. The molecule has 0 radical (unpaired) electrons. The Bertz CT molecular complexity index is 440. The molecule has 0 saturated heterocycles. The fourth-order valence-corrected chi connectivity index (χ4v) is 2.57. The highest BCUT2D eigenvalue weighted by Gasteiger charge is 2.40. The summed E-state index contributed by atoms with van der Waals surface area (Å²) in [6.07, 6.45) is 1.75. The summed E-state index contributed by atoms with van der Waals surface area (Å²) >= 11 is 0. The maximum Gasteiger partial charge on any atom is 0.407 e. The van der Waals surface area contributed by atoms with Crippen molar-refractivity contribution in [3.63, 3.8) is 0 Å². The van der Waals surface area contributed by atoms with E-state index in [1.165, 1.54) is 0 Å². The largest absolute Gasteiger partial charge is 0.459 e. The second-order valence-electron chi connectivity index (χ2n) is 8.80. The second kappa shape index (κ2) is 6.67. The molecule has 1 aliphatic rings. The van der Waals surface area contributed by atoms with Gasteiger partial charge >= 0.3 is 12.1 Å². The standard InChI is InChI=1S/C17H32N2O4/c1-15(2,3)22-13(20)17(7,18)10-11-8-12(9-11)19-14(21)23-16(4,5)6/h11-12H,8-10,18H2,1-7H3,(H,19,21)/t11-,12-,17-/m0/s1. The van der Waals surface area contributed by atoms with Gasteiger partial charge in [0.05, 0.1) is 0 Å². The fourth-order valence-electron chi connectivity index (χ4n) is 2.57. The Morgan fingerprint density at radius 1 is 1.00 bits per heavy atom. The molecule has 0 aliphatic heterocycles. The van der Waals surface area contributed by atoms with Crippen molar-refractivity contribution in [1.29, 1.82) is 0 Å². The van der Waals surface area contributed by atoms with Crippen molar-refractivity contribution >= 4 is 12.1 Å². The Morgan fingerprint density at radius 2 is 1.48 bits per heavy atom. The lowest BCUT2D eigenvalue weighted by Gasteiger charge is -2.40. The third-order valence-corrected chi connectivity index (χ3v) is 3.53. The van der Waals surface area contributed by atoms with Crippen molar-refractivity contribution in [2.75, 3.05) is 0 Å². The molecule has 23 heavy (non-hydrogen) atoms. The Balaban J connectivity index is 2.37. The van der Waals surface area contributed by atoms with Crippen LogP contribution in [0.2, 0.25) is 0 Å². The van der Waals surface area contributed by atoms with Crippen LogP contribution in [0.15, 0.2) is 0 Å². The van der Waals surface area contributed by atoms with Crippen LogP contribution < -0.4 is 11.1 Å². The number of amides is 1. The van der Waals surface area contributed by atoms with Gasteiger partial charge in [-0.2, -0.15) is 0 Å². The molecule has 1 rings (SSSR count). The first-order valence-electron chi connectivity index (χ1n) is 8.20. The van der Waals surface area contributed by atoms with Gasteiger partial charge in [0.1, 0.15) is 16.7 Å². The molecule has 3 N–H and O–H groups in total. The van der Waals surface area contributed by atoms with Crippen LogP contribution in [-0.4, -0.2) is 34.8 Å². The minimum absolute atomic E-state index is 0.0873. The first kappa shape index (κ1) is 19.7. The van der Waals surface area contributed by atoms with Crippen molar-refractivity contribution in [3.05, 3.63) is 0 Å². The number of esters is 1. The maximum atomic E-state index is 12.1. The van der Waals surface area contributed by atoms with Gasteiger partial charge in [0, 0.05) is 6.04 Å². The van der Waals surface area contributed by atoms with Gasteiger partial charge in [-0.1, -0.05) is 0 Å². The van der Waals surface area contributed by atoms with Gasteiger partial charge in [-0.25, -0.2) is 4.79 Å². The zero-order chi connectivity index (χ0) is 18.1. The van der Waals surface area contributed by atoms with Gasteiger partial charge in [0.15, 0.2) is 0 Å². The molecule has 0 unspecified atom stereocenters. The molecule has 0 heterocycles. The SMILES string of the molecule is CC(C)(C)OC(=O)N[C@H]1C[C@H](C[C@](C)(N)C(=O)OC(C)(C)C)C1. The van der Waals surface area contributed by atoms with E-state index in [9.17, 15) is 9.59 Å². The number of carbonyl (C=O) groups excluding carboxylic acids is 2. The molecule has 0 aromatic rings. The number of nitrogens with two attached hydrogens (primary N) is 1. The van der Waals surface area contributed by atoms with Crippen LogP contribution in [0.5, 0.6) is 0 Å². The van der Waals surface area contributed by atoms with E-state index in [2.05, 4.69) is 5.32 Å². The maximum absolute atomic E-state index is 12.1. The molecule has 6 heteroatoms. The van der Waals surface area contributed by atoms with E-state index in [-0.39, 0.29) is 12.0 Å². The second-order valence-corrected chi connectivity index (χ2v) is 8.80. The predicted octanol–water partition coefficient (Wildman–Crippen LogP) is 2.74. The Hall–Kier alpha value is -1.30. The minimum Gasteiger partial charge on any atom is -0.459 e. The normalized spacial score (nSPS) is 24.2. The van der Waals surface area contributed by atoms with E-state index >= 15 is 0 Å². The van der Waals surface area contributed by atoms with Gasteiger partial charge in [0.2, 0.25) is 0 Å². The lowest BCUT2D eigenvalue weighted by molar-refractivity contribution is -0.162. The number of hydrogen-bond donors (Lipinski definition) is 2. The van der Waals surface area contributed by atoms with Gasteiger partial charge in [-0.15, -0.1) is 0 Å². The first-order chi connectivity index (χ1) is 10.2. The van der Waals surface area contributed by atoms with Crippen molar-refractivity contribution in [2.24, 2.45) is 11.7 Å². The highest BCUT2D eigenvalue weighted by atomic mass is 16.6. The topological polar surface area (TPSA) is 90.6 Å². The molecular formula is C17H32N2O4. The smallest absolute Gasteiger partial charge is 0.407 e. The molecule has 134 valence electrons. The van der Waals surface area contributed by atoms with Gasteiger partial charge in [-0.3, -0.25) is 4.79 Å². The zero-order valence-electron chi connectivity index (χ0n) is 15.5. The Morgan fingerprint density at radius 3 is 1.91 bits per heavy atom. The van der Waals surface area contributed by atoms with E-state index in [0.29, 0.717) is 12.3 Å². The predicted molar refractivity (Wildman–Crippen MR) is 88.9 cm³/mol. The Kier molecular flexibility index (Phi) is 5.73. The average molecular weight is 328 g/mol. The summed E-state index contributed by atoms with van der Waals surface area (Å²) in [5, 5.41) is 2.84. The van der Waals surface area contributed by atoms with Crippen LogP contribution in [0.25, 0.3) is 0 Å². The number of ether oxygens (including phenoxy) is 2. The summed E-state index contributed by atoms with van der Waals surface area (Å²) in [5.74, 6) is -0.0778. The third-order valence-electron chi connectivity index (χ3n) is 3.53. The third kappa shape index (κ3) is 7.20. The van der Waals surface area contributed by atoms with Crippen molar-refractivity contribution in [2.45, 2.75) is 90.5 Å². The molecule has 0 spiro atoms. The molecular weight excluding hydrogens is 296 g/mol. The van der Waals surface area contributed by atoms with Crippen LogP contribution in [0.3, 0.4) is 0 Å². The first-order valence-corrected chi connectivity index (χ1v) is 8.20. The number of alkyl carbamates (subject to hydrolysis) is 1. The summed E-state index contributed by atoms with van der Waals surface area (Å²) in [4.78, 5) is 23.8. The molecule has 1 aliphatic carbocycles. The summed E-state index contributed by atoms with van der Waals surface area (Å²) in [6, 6.07) is 0.0873. The van der Waals surface area contributed by atoms with Crippen molar-refractivity contribution < 1.29 is 19.1 Å². The summed E-state index contributed by atoms with van der Waals surface area (Å²) in [5.41, 5.74) is 4.07. The highest BCUT2D eigenvalue weighted by Crippen LogP contribution is 2.34. The highest BCUT2D eigenvalue weighted by molar-refractivity contribution is 5.80. The monoisotopic (exact) mass is 328 g/mol. The summed E-state index contributed by atoms with van der Waals surface area (Å²) in [6.45, 7) is 12.7. The molecule has 1 amide bonds. The van der Waals surface area contributed by atoms with E-state index < -0.39 is 22.8 Å². The molecule has 0 bridgehead atoms. The van der Waals surface area contributed by atoms with Gasteiger partial charge in [-0.05, 0) is 73.6 Å². The van der Waals surface area contributed by atoms with E-state index in [4.69, 9.17) is 15.2 Å². The molecule has 1 saturated carbocycles. The molecule has 0 aromatic heterocycles. The summed E-state index contributed by atoms with van der Waals surface area (Å²) < 4.78 is 10.6. The quantitative estimate of drug-likeness (QED) is 0.774. The molecule has 1 atom stereocenters. The van der Waals surface area contributed by atoms with Gasteiger partial charge in [0.25, 0.3) is 0 Å². The average Bonchev–Trinajstić information content (AvgIpc) is 2.20. The van der Waals surface area contributed by atoms with Gasteiger partial charge < -0.3 is 20.5 Å². The van der Waals surface area contributed by atoms with Crippen LogP contribution in [-0.2, 0) is 14.3 Å². The summed E-state index contributed by atoms with van der Waals surface area (Å²) in [7, 11) is 0. The zero-order valence-corrected chi connectivity index (χ0v) is 15.5. The van der Waals surface area contributed by atoms with E-state index in [0.717, 1.165) is 12.8 Å². The Labute approximate surface area is 139 Å². The minimum atomic E-state index is -1.01.